The van der Waals surface area contributed by atoms with Crippen molar-refractivity contribution in [2.75, 3.05) is 6.54 Å². The second kappa shape index (κ2) is 6.59. The van der Waals surface area contributed by atoms with Gasteiger partial charge in [-0.15, -0.1) is 11.3 Å². The molecule has 132 valence electrons. The van der Waals surface area contributed by atoms with Gasteiger partial charge >= 0.3 is 0 Å². The lowest BCUT2D eigenvalue weighted by atomic mass is 10.0. The molecule has 0 spiro atoms. The van der Waals surface area contributed by atoms with Crippen LogP contribution in [-0.2, 0) is 31.2 Å². The van der Waals surface area contributed by atoms with Crippen molar-refractivity contribution in [3.63, 3.8) is 0 Å². The second-order valence-electron chi connectivity index (χ2n) is 6.69. The average Bonchev–Trinajstić information content (AvgIpc) is 3.14. The van der Waals surface area contributed by atoms with Crippen LogP contribution in [0.25, 0.3) is 0 Å². The van der Waals surface area contributed by atoms with E-state index in [4.69, 9.17) is 0 Å². The molecular weight excluding hydrogens is 338 g/mol. The van der Waals surface area contributed by atoms with E-state index < -0.39 is 0 Å². The zero-order valence-electron chi connectivity index (χ0n) is 14.2. The molecule has 4 rings (SSSR count). The Balaban J connectivity index is 1.46. The van der Waals surface area contributed by atoms with Gasteiger partial charge in [-0.25, -0.2) is 4.98 Å². The highest BCUT2D eigenvalue weighted by atomic mass is 32.1. The first-order chi connectivity index (χ1) is 12.1. The van der Waals surface area contributed by atoms with E-state index in [2.05, 4.69) is 15.4 Å². The number of fused-ring (bicyclic) bond motifs is 1. The zero-order valence-corrected chi connectivity index (χ0v) is 15.0. The van der Waals surface area contributed by atoms with E-state index in [0.29, 0.717) is 37.7 Å². The summed E-state index contributed by atoms with van der Waals surface area (Å²) < 4.78 is 1.90. The largest absolute Gasteiger partial charge is 0.353 e. The molecule has 0 radical (unpaired) electrons. The van der Waals surface area contributed by atoms with Crippen molar-refractivity contribution in [1.82, 2.24) is 25.0 Å². The van der Waals surface area contributed by atoms with E-state index in [9.17, 15) is 9.59 Å². The first kappa shape index (κ1) is 16.3. The van der Waals surface area contributed by atoms with Crippen molar-refractivity contribution in [2.45, 2.75) is 44.7 Å². The molecule has 1 aliphatic heterocycles. The molecule has 0 aromatic carbocycles. The Morgan fingerprint density at radius 2 is 2.24 bits per heavy atom. The van der Waals surface area contributed by atoms with E-state index in [0.717, 1.165) is 30.5 Å². The summed E-state index contributed by atoms with van der Waals surface area (Å²) in [7, 11) is 1.94. The van der Waals surface area contributed by atoms with Gasteiger partial charge in [0.1, 0.15) is 5.69 Å². The fourth-order valence-electron chi connectivity index (χ4n) is 3.28. The molecule has 3 heterocycles. The number of aryl methyl sites for hydroxylation is 2. The van der Waals surface area contributed by atoms with Gasteiger partial charge in [0.2, 0.25) is 5.91 Å². The molecule has 0 atom stereocenters. The van der Waals surface area contributed by atoms with Gasteiger partial charge in [-0.3, -0.25) is 14.3 Å². The summed E-state index contributed by atoms with van der Waals surface area (Å²) in [6.45, 7) is 1.21. The number of hydrogen-bond donors (Lipinski definition) is 1. The monoisotopic (exact) mass is 359 g/mol. The normalized spacial score (nSPS) is 16.6. The van der Waals surface area contributed by atoms with Crippen molar-refractivity contribution in [3.05, 3.63) is 33.5 Å². The lowest BCUT2D eigenvalue weighted by Gasteiger charge is -2.27. The van der Waals surface area contributed by atoms with E-state index in [1.165, 1.54) is 17.0 Å². The smallest absolute Gasteiger partial charge is 0.273 e. The fourth-order valence-corrected chi connectivity index (χ4v) is 3.81. The van der Waals surface area contributed by atoms with Crippen LogP contribution in [0.4, 0.5) is 0 Å². The highest BCUT2D eigenvalue weighted by Gasteiger charge is 2.28. The summed E-state index contributed by atoms with van der Waals surface area (Å²) in [6.07, 6.45) is 4.03. The first-order valence-corrected chi connectivity index (χ1v) is 9.56. The average molecular weight is 359 g/mol. The number of carbonyl (C=O) groups excluding carboxylic acids is 2. The lowest BCUT2D eigenvalue weighted by molar-refractivity contribution is -0.121. The molecule has 1 fully saturated rings. The van der Waals surface area contributed by atoms with Gasteiger partial charge in [0, 0.05) is 62.1 Å². The van der Waals surface area contributed by atoms with Gasteiger partial charge in [0.05, 0.1) is 11.2 Å². The Kier molecular flexibility index (Phi) is 4.29. The summed E-state index contributed by atoms with van der Waals surface area (Å²) in [4.78, 5) is 30.5. The molecule has 2 aromatic heterocycles. The summed E-state index contributed by atoms with van der Waals surface area (Å²) in [6, 6.07) is 0.386. The van der Waals surface area contributed by atoms with Crippen molar-refractivity contribution in [1.29, 1.82) is 0 Å². The number of amides is 2. The number of thiazole rings is 1. The Morgan fingerprint density at radius 1 is 1.40 bits per heavy atom. The van der Waals surface area contributed by atoms with Crippen LogP contribution >= 0.6 is 11.3 Å². The van der Waals surface area contributed by atoms with Gasteiger partial charge in [-0.05, 0) is 12.8 Å². The van der Waals surface area contributed by atoms with E-state index in [-0.39, 0.29) is 11.8 Å². The maximum absolute atomic E-state index is 12.6. The van der Waals surface area contributed by atoms with Crippen LogP contribution in [0.1, 0.15) is 46.7 Å². The predicted molar refractivity (Wildman–Crippen MR) is 93.3 cm³/mol. The summed E-state index contributed by atoms with van der Waals surface area (Å²) in [5.74, 6) is 0.0568. The number of aromatic nitrogens is 3. The molecule has 1 N–H and O–H groups in total. The van der Waals surface area contributed by atoms with Crippen LogP contribution in [0.5, 0.6) is 0 Å². The Hall–Kier alpha value is -2.22. The highest BCUT2D eigenvalue weighted by Crippen LogP contribution is 2.25. The van der Waals surface area contributed by atoms with Crippen LogP contribution < -0.4 is 5.32 Å². The molecule has 0 bridgehead atoms. The Morgan fingerprint density at radius 3 is 2.96 bits per heavy atom. The zero-order chi connectivity index (χ0) is 17.4. The third-order valence-electron chi connectivity index (χ3n) is 4.80. The summed E-state index contributed by atoms with van der Waals surface area (Å²) in [5.41, 5.74) is 5.37. The SMILES string of the molecule is Cn1nc(CCC(=O)NC2CC2)c2c1CCN(C(=O)c1cscn1)C2. The molecule has 1 aliphatic carbocycles. The molecular formula is C17H21N5O2S. The third-order valence-corrected chi connectivity index (χ3v) is 5.38. The fraction of sp³-hybridized carbons (Fsp3) is 0.529. The molecule has 8 heteroatoms. The Bertz CT molecular complexity index is 794. The van der Waals surface area contributed by atoms with Crippen molar-refractivity contribution >= 4 is 23.2 Å². The van der Waals surface area contributed by atoms with Gasteiger partial charge in [0.15, 0.2) is 0 Å². The summed E-state index contributed by atoms with van der Waals surface area (Å²) >= 11 is 1.43. The Labute approximate surface area is 150 Å². The minimum atomic E-state index is -0.0341. The maximum Gasteiger partial charge on any atom is 0.273 e. The molecule has 2 aliphatic rings. The van der Waals surface area contributed by atoms with E-state index in [1.54, 1.807) is 10.9 Å². The summed E-state index contributed by atoms with van der Waals surface area (Å²) in [5, 5.41) is 9.39. The standard InChI is InChI=1S/C17H21N5O2S/c1-21-15-6-7-22(17(24)14-9-25-10-18-14)8-12(15)13(20-21)4-5-16(23)19-11-2-3-11/h9-11H,2-8H2,1H3,(H,19,23). The molecule has 0 saturated heterocycles. The number of rotatable bonds is 5. The topological polar surface area (TPSA) is 80.1 Å². The molecule has 2 aromatic rings. The van der Waals surface area contributed by atoms with Gasteiger partial charge < -0.3 is 10.2 Å². The highest BCUT2D eigenvalue weighted by molar-refractivity contribution is 7.07. The van der Waals surface area contributed by atoms with Crippen LogP contribution in [0.2, 0.25) is 0 Å². The molecule has 25 heavy (non-hydrogen) atoms. The minimum absolute atomic E-state index is 0.0341. The number of hydrogen-bond acceptors (Lipinski definition) is 5. The van der Waals surface area contributed by atoms with Crippen molar-refractivity contribution < 1.29 is 9.59 Å². The van der Waals surface area contributed by atoms with E-state index >= 15 is 0 Å². The van der Waals surface area contributed by atoms with E-state index in [1.807, 2.05) is 16.6 Å². The van der Waals surface area contributed by atoms with Crippen LogP contribution in [0, 0.1) is 0 Å². The third kappa shape index (κ3) is 3.44. The lowest BCUT2D eigenvalue weighted by Crippen LogP contribution is -2.36. The van der Waals surface area contributed by atoms with Gasteiger partial charge in [-0.1, -0.05) is 0 Å². The van der Waals surface area contributed by atoms with Crippen LogP contribution in [0.15, 0.2) is 10.9 Å². The first-order valence-electron chi connectivity index (χ1n) is 8.62. The van der Waals surface area contributed by atoms with Crippen LogP contribution in [-0.4, -0.2) is 44.1 Å². The maximum atomic E-state index is 12.6. The predicted octanol–water partition coefficient (Wildman–Crippen LogP) is 1.29. The van der Waals surface area contributed by atoms with Crippen molar-refractivity contribution in [2.24, 2.45) is 7.05 Å². The number of nitrogens with zero attached hydrogens (tertiary/aromatic N) is 4. The quantitative estimate of drug-likeness (QED) is 0.872. The number of nitrogens with one attached hydrogen (secondary N) is 1. The van der Waals surface area contributed by atoms with Gasteiger partial charge in [-0.2, -0.15) is 5.10 Å². The minimum Gasteiger partial charge on any atom is -0.353 e. The molecule has 1 saturated carbocycles. The second-order valence-corrected chi connectivity index (χ2v) is 7.41. The van der Waals surface area contributed by atoms with Gasteiger partial charge in [0.25, 0.3) is 5.91 Å². The molecule has 0 unspecified atom stereocenters. The molecule has 7 nitrogen and oxygen atoms in total. The molecule has 2 amide bonds. The van der Waals surface area contributed by atoms with Crippen molar-refractivity contribution in [3.8, 4) is 0 Å². The van der Waals surface area contributed by atoms with Crippen LogP contribution in [0.3, 0.4) is 0 Å². The number of carbonyl (C=O) groups is 2.